The highest BCUT2D eigenvalue weighted by molar-refractivity contribution is 5.79. The molecule has 2 heterocycles. The number of carbonyl (C=O) groups is 1. The van der Waals surface area contributed by atoms with Gasteiger partial charge in [-0.2, -0.15) is 0 Å². The first-order valence-corrected chi connectivity index (χ1v) is 9.68. The lowest BCUT2D eigenvalue weighted by molar-refractivity contribution is -0.141. The molecule has 2 aromatic carbocycles. The maximum absolute atomic E-state index is 12.7. The number of cyclic esters (lactones) is 1. The minimum Gasteiger partial charge on any atom is -0.504 e. The lowest BCUT2D eigenvalue weighted by atomic mass is 9.67. The molecule has 3 atom stereocenters. The summed E-state index contributed by atoms with van der Waals surface area (Å²) in [5.74, 6) is 1.27. The average Bonchev–Trinajstić information content (AvgIpc) is 3.38. The summed E-state index contributed by atoms with van der Waals surface area (Å²) in [6.07, 6.45) is 0.523. The summed E-state index contributed by atoms with van der Waals surface area (Å²) in [5.41, 5.74) is 2.36. The van der Waals surface area contributed by atoms with E-state index in [4.69, 9.17) is 28.4 Å². The molecule has 2 aliphatic heterocycles. The number of fused-ring (bicyclic) bond motifs is 3. The highest BCUT2D eigenvalue weighted by Crippen LogP contribution is 2.55. The van der Waals surface area contributed by atoms with Gasteiger partial charge in [-0.15, -0.1) is 0 Å². The fourth-order valence-electron chi connectivity index (χ4n) is 4.87. The molecule has 0 unspecified atom stereocenters. The molecule has 30 heavy (non-hydrogen) atoms. The number of rotatable bonds is 4. The molecule has 0 aromatic heterocycles. The molecule has 0 radical (unpaired) electrons. The standard InChI is InChI=1S/C22H22O8/c1-25-14-5-10(6-15(26-2)20(14)27-3)17-12-7-16-21(30-9-29-16)19(23)13(12)4-11-8-28-22(24)18(11)17/h5-7,11,17-18,23H,4,8-9H2,1-3H3/t11-,17-,18+/m1/s1. The van der Waals surface area contributed by atoms with E-state index >= 15 is 0 Å². The summed E-state index contributed by atoms with van der Waals surface area (Å²) in [7, 11) is 4.64. The summed E-state index contributed by atoms with van der Waals surface area (Å²) in [6, 6.07) is 5.53. The van der Waals surface area contributed by atoms with Gasteiger partial charge in [-0.25, -0.2) is 0 Å². The molecule has 5 rings (SSSR count). The second kappa shape index (κ2) is 6.90. The van der Waals surface area contributed by atoms with Crippen molar-refractivity contribution in [1.29, 1.82) is 0 Å². The number of methoxy groups -OCH3 is 3. The number of ether oxygens (including phenoxy) is 6. The third-order valence-corrected chi connectivity index (χ3v) is 6.20. The van der Waals surface area contributed by atoms with Crippen molar-refractivity contribution < 1.29 is 38.3 Å². The van der Waals surface area contributed by atoms with E-state index < -0.39 is 0 Å². The molecular weight excluding hydrogens is 392 g/mol. The van der Waals surface area contributed by atoms with Crippen LogP contribution in [0.3, 0.4) is 0 Å². The molecule has 1 fully saturated rings. The Bertz CT molecular complexity index is 1010. The van der Waals surface area contributed by atoms with Crippen molar-refractivity contribution in [2.24, 2.45) is 11.8 Å². The van der Waals surface area contributed by atoms with Gasteiger partial charge in [0, 0.05) is 17.4 Å². The van der Waals surface area contributed by atoms with Gasteiger partial charge in [0.1, 0.15) is 0 Å². The molecule has 0 bridgehead atoms. The fourth-order valence-corrected chi connectivity index (χ4v) is 4.87. The first-order valence-electron chi connectivity index (χ1n) is 9.68. The number of aromatic hydroxyl groups is 1. The number of hydrogen-bond donors (Lipinski definition) is 1. The largest absolute Gasteiger partial charge is 0.504 e. The van der Waals surface area contributed by atoms with Crippen LogP contribution in [0.4, 0.5) is 0 Å². The van der Waals surface area contributed by atoms with Crippen LogP contribution in [0.1, 0.15) is 22.6 Å². The zero-order valence-electron chi connectivity index (χ0n) is 16.9. The van der Waals surface area contributed by atoms with Gasteiger partial charge in [0.05, 0.1) is 33.9 Å². The summed E-state index contributed by atoms with van der Waals surface area (Å²) in [4.78, 5) is 12.7. The maximum Gasteiger partial charge on any atom is 0.310 e. The monoisotopic (exact) mass is 414 g/mol. The number of phenols is 1. The van der Waals surface area contributed by atoms with Crippen LogP contribution in [0.25, 0.3) is 0 Å². The lowest BCUT2D eigenvalue weighted by Crippen LogP contribution is -2.31. The molecule has 8 heteroatoms. The van der Waals surface area contributed by atoms with E-state index in [1.165, 1.54) is 0 Å². The van der Waals surface area contributed by atoms with Crippen LogP contribution >= 0.6 is 0 Å². The summed E-state index contributed by atoms with van der Waals surface area (Å²) >= 11 is 0. The Balaban J connectivity index is 1.75. The zero-order chi connectivity index (χ0) is 21.0. The molecule has 1 saturated heterocycles. The smallest absolute Gasteiger partial charge is 0.310 e. The van der Waals surface area contributed by atoms with Gasteiger partial charge in [-0.1, -0.05) is 0 Å². The molecule has 0 saturated carbocycles. The first kappa shape index (κ1) is 18.7. The van der Waals surface area contributed by atoms with Crippen molar-refractivity contribution in [3.63, 3.8) is 0 Å². The Morgan fingerprint density at radius 3 is 2.40 bits per heavy atom. The third-order valence-electron chi connectivity index (χ3n) is 6.20. The van der Waals surface area contributed by atoms with Crippen LogP contribution in [0.15, 0.2) is 18.2 Å². The molecule has 8 nitrogen and oxygen atoms in total. The van der Waals surface area contributed by atoms with Crippen molar-refractivity contribution in [2.45, 2.75) is 12.3 Å². The predicted molar refractivity (Wildman–Crippen MR) is 104 cm³/mol. The van der Waals surface area contributed by atoms with Crippen LogP contribution in [-0.4, -0.2) is 45.8 Å². The van der Waals surface area contributed by atoms with Gasteiger partial charge < -0.3 is 33.5 Å². The normalized spacial score (nSPS) is 23.4. The maximum atomic E-state index is 12.7. The second-order valence-electron chi connectivity index (χ2n) is 7.58. The van der Waals surface area contributed by atoms with Crippen molar-refractivity contribution in [3.05, 3.63) is 34.9 Å². The van der Waals surface area contributed by atoms with E-state index in [1.807, 2.05) is 18.2 Å². The zero-order valence-corrected chi connectivity index (χ0v) is 16.9. The Hall–Kier alpha value is -3.29. The molecule has 1 aliphatic carbocycles. The second-order valence-corrected chi connectivity index (χ2v) is 7.58. The Kier molecular flexibility index (Phi) is 4.30. The number of phenolic OH excluding ortho intramolecular Hbond substituents is 1. The van der Waals surface area contributed by atoms with Gasteiger partial charge in [0.25, 0.3) is 0 Å². The predicted octanol–water partition coefficient (Wildman–Crippen LogP) is 2.62. The Labute approximate surface area is 173 Å². The summed E-state index contributed by atoms with van der Waals surface area (Å²) in [6.45, 7) is 0.368. The van der Waals surface area contributed by atoms with Gasteiger partial charge in [-0.05, 0) is 35.7 Å². The van der Waals surface area contributed by atoms with E-state index in [0.29, 0.717) is 41.8 Å². The highest BCUT2D eigenvalue weighted by Gasteiger charge is 2.49. The minimum absolute atomic E-state index is 0.0511. The number of esters is 1. The van der Waals surface area contributed by atoms with Crippen molar-refractivity contribution in [1.82, 2.24) is 0 Å². The fraction of sp³-hybridized carbons (Fsp3) is 0.409. The van der Waals surface area contributed by atoms with Crippen LogP contribution in [0, 0.1) is 11.8 Å². The number of benzene rings is 2. The molecule has 158 valence electrons. The lowest BCUT2D eigenvalue weighted by Gasteiger charge is -2.34. The quantitative estimate of drug-likeness (QED) is 0.764. The number of hydrogen-bond acceptors (Lipinski definition) is 8. The van der Waals surface area contributed by atoms with Gasteiger partial charge in [0.15, 0.2) is 23.0 Å². The van der Waals surface area contributed by atoms with Gasteiger partial charge in [0.2, 0.25) is 18.3 Å². The van der Waals surface area contributed by atoms with Crippen LogP contribution in [0.2, 0.25) is 0 Å². The van der Waals surface area contributed by atoms with E-state index in [9.17, 15) is 9.90 Å². The van der Waals surface area contributed by atoms with E-state index in [-0.39, 0.29) is 36.3 Å². The molecule has 0 spiro atoms. The van der Waals surface area contributed by atoms with E-state index in [2.05, 4.69) is 0 Å². The topological polar surface area (TPSA) is 92.7 Å². The third kappa shape index (κ3) is 2.56. The van der Waals surface area contributed by atoms with Crippen LogP contribution in [0.5, 0.6) is 34.5 Å². The SMILES string of the molecule is COc1cc([C@@H]2c3cc4c(c(O)c3C[C@@H]3COC(=O)[C@@H]32)OCO4)cc(OC)c1OC. The van der Waals surface area contributed by atoms with E-state index in [1.54, 1.807) is 21.3 Å². The Morgan fingerprint density at radius 2 is 1.73 bits per heavy atom. The van der Waals surface area contributed by atoms with Crippen molar-refractivity contribution in [3.8, 4) is 34.5 Å². The van der Waals surface area contributed by atoms with Gasteiger partial charge >= 0.3 is 5.97 Å². The molecule has 1 N–H and O–H groups in total. The Morgan fingerprint density at radius 1 is 1.00 bits per heavy atom. The van der Waals surface area contributed by atoms with Crippen LogP contribution < -0.4 is 23.7 Å². The highest BCUT2D eigenvalue weighted by atomic mass is 16.7. The van der Waals surface area contributed by atoms with Crippen LogP contribution in [-0.2, 0) is 16.0 Å². The molecular formula is C22H22O8. The summed E-state index contributed by atoms with van der Waals surface area (Å²) < 4.78 is 32.9. The van der Waals surface area contributed by atoms with Crippen molar-refractivity contribution in [2.75, 3.05) is 34.7 Å². The first-order chi connectivity index (χ1) is 14.6. The summed E-state index contributed by atoms with van der Waals surface area (Å²) in [5, 5.41) is 10.9. The molecule has 2 aromatic rings. The van der Waals surface area contributed by atoms with Crippen molar-refractivity contribution >= 4 is 5.97 Å². The molecule has 3 aliphatic rings. The minimum atomic E-state index is -0.389. The number of carbonyl (C=O) groups excluding carboxylic acids is 1. The van der Waals surface area contributed by atoms with E-state index in [0.717, 1.165) is 16.7 Å². The average molecular weight is 414 g/mol. The van der Waals surface area contributed by atoms with Gasteiger partial charge in [-0.3, -0.25) is 4.79 Å². The molecule has 0 amide bonds.